The molecular weight excluding hydrogens is 306 g/mol. The molecule has 2 aromatic rings. The van der Waals surface area contributed by atoms with Crippen LogP contribution in [0.15, 0.2) is 24.3 Å². The summed E-state index contributed by atoms with van der Waals surface area (Å²) >= 11 is 1.50. The van der Waals surface area contributed by atoms with E-state index in [0.29, 0.717) is 6.42 Å². The van der Waals surface area contributed by atoms with Crippen molar-refractivity contribution in [3.05, 3.63) is 29.8 Å². The number of hydrogen-bond donors (Lipinski definition) is 0. The van der Waals surface area contributed by atoms with Crippen molar-refractivity contribution in [3.63, 3.8) is 0 Å². The number of carbonyl (C=O) groups is 1. The lowest BCUT2D eigenvalue weighted by molar-refractivity contribution is -0.118. The summed E-state index contributed by atoms with van der Waals surface area (Å²) in [6, 6.07) is 8.14. The third kappa shape index (κ3) is 4.61. The first-order chi connectivity index (χ1) is 11.2. The van der Waals surface area contributed by atoms with Gasteiger partial charge in [-0.15, -0.1) is 10.2 Å². The summed E-state index contributed by atoms with van der Waals surface area (Å²) in [5.41, 5.74) is 2.26. The van der Waals surface area contributed by atoms with Gasteiger partial charge in [-0.3, -0.25) is 9.69 Å². The molecule has 0 fully saturated rings. The number of aryl methyl sites for hydroxylation is 1. The van der Waals surface area contributed by atoms with E-state index in [0.717, 1.165) is 47.9 Å². The summed E-state index contributed by atoms with van der Waals surface area (Å²) in [4.78, 5) is 14.3. The van der Waals surface area contributed by atoms with Crippen LogP contribution in [0.3, 0.4) is 0 Å². The Balaban J connectivity index is 2.22. The molecule has 0 spiro atoms. The van der Waals surface area contributed by atoms with Gasteiger partial charge in [0.1, 0.15) is 5.01 Å². The lowest BCUT2D eigenvalue weighted by Gasteiger charge is -2.18. The number of rotatable bonds is 8. The summed E-state index contributed by atoms with van der Waals surface area (Å²) in [5.74, 6) is 0.160. The average molecular weight is 331 g/mol. The minimum atomic E-state index is 0.160. The minimum Gasteiger partial charge on any atom is -0.287 e. The Kier molecular flexibility index (Phi) is 6.71. The van der Waals surface area contributed by atoms with Gasteiger partial charge in [-0.2, -0.15) is 0 Å². The highest BCUT2D eigenvalue weighted by atomic mass is 32.1. The fraction of sp³-hybridized carbons (Fsp3) is 0.500. The molecule has 1 aromatic carbocycles. The fourth-order valence-electron chi connectivity index (χ4n) is 2.35. The van der Waals surface area contributed by atoms with Crippen molar-refractivity contribution in [2.75, 3.05) is 11.4 Å². The Hall–Kier alpha value is -1.75. The summed E-state index contributed by atoms with van der Waals surface area (Å²) in [7, 11) is 0. The van der Waals surface area contributed by atoms with E-state index in [1.54, 1.807) is 0 Å². The fourth-order valence-corrected chi connectivity index (χ4v) is 3.33. The molecule has 23 heavy (non-hydrogen) atoms. The summed E-state index contributed by atoms with van der Waals surface area (Å²) in [6.45, 7) is 7.03. The van der Waals surface area contributed by atoms with Crippen molar-refractivity contribution in [3.8, 4) is 10.6 Å². The molecule has 124 valence electrons. The number of hydrogen-bond acceptors (Lipinski definition) is 4. The van der Waals surface area contributed by atoms with Crippen LogP contribution in [-0.4, -0.2) is 22.6 Å². The Labute approximate surface area is 142 Å². The Morgan fingerprint density at radius 3 is 2.57 bits per heavy atom. The highest BCUT2D eigenvalue weighted by Gasteiger charge is 2.20. The first-order valence-electron chi connectivity index (χ1n) is 8.37. The van der Waals surface area contributed by atoms with Gasteiger partial charge in [0.05, 0.1) is 0 Å². The van der Waals surface area contributed by atoms with E-state index in [-0.39, 0.29) is 5.91 Å². The van der Waals surface area contributed by atoms with E-state index in [2.05, 4.69) is 43.1 Å². The Bertz CT molecular complexity index is 639. The number of nitrogens with zero attached hydrogens (tertiary/aromatic N) is 3. The van der Waals surface area contributed by atoms with Crippen molar-refractivity contribution in [1.82, 2.24) is 10.2 Å². The van der Waals surface area contributed by atoms with Crippen LogP contribution in [0.2, 0.25) is 0 Å². The Morgan fingerprint density at radius 1 is 1.13 bits per heavy atom. The normalized spacial score (nSPS) is 10.7. The number of carbonyl (C=O) groups excluding carboxylic acids is 1. The molecule has 1 aromatic heterocycles. The molecule has 1 heterocycles. The smallest absolute Gasteiger partial charge is 0.228 e. The van der Waals surface area contributed by atoms with Gasteiger partial charge in [0.2, 0.25) is 11.0 Å². The molecule has 4 nitrogen and oxygen atoms in total. The van der Waals surface area contributed by atoms with Gasteiger partial charge in [-0.1, -0.05) is 62.3 Å². The van der Waals surface area contributed by atoms with Crippen molar-refractivity contribution in [2.24, 2.45) is 0 Å². The van der Waals surface area contributed by atoms with Gasteiger partial charge in [0.25, 0.3) is 0 Å². The molecule has 0 bridgehead atoms. The second-order valence-electron chi connectivity index (χ2n) is 5.71. The van der Waals surface area contributed by atoms with E-state index >= 15 is 0 Å². The monoisotopic (exact) mass is 331 g/mol. The number of anilines is 1. The van der Waals surface area contributed by atoms with Crippen LogP contribution in [0.5, 0.6) is 0 Å². The highest BCUT2D eigenvalue weighted by molar-refractivity contribution is 7.18. The van der Waals surface area contributed by atoms with Gasteiger partial charge in [-0.05, 0) is 25.3 Å². The summed E-state index contributed by atoms with van der Waals surface area (Å²) in [6.07, 6.45) is 4.57. The van der Waals surface area contributed by atoms with Crippen LogP contribution in [0.25, 0.3) is 10.6 Å². The molecule has 0 aliphatic rings. The van der Waals surface area contributed by atoms with Gasteiger partial charge >= 0.3 is 0 Å². The van der Waals surface area contributed by atoms with E-state index in [1.807, 2.05) is 17.0 Å². The van der Waals surface area contributed by atoms with Crippen molar-refractivity contribution < 1.29 is 4.79 Å². The van der Waals surface area contributed by atoms with E-state index in [1.165, 1.54) is 16.9 Å². The van der Waals surface area contributed by atoms with Gasteiger partial charge in [0.15, 0.2) is 0 Å². The second-order valence-corrected chi connectivity index (χ2v) is 6.66. The maximum absolute atomic E-state index is 12.5. The predicted molar refractivity (Wildman–Crippen MR) is 96.9 cm³/mol. The number of amides is 1. The first-order valence-corrected chi connectivity index (χ1v) is 9.18. The van der Waals surface area contributed by atoms with Gasteiger partial charge < -0.3 is 0 Å². The van der Waals surface area contributed by atoms with Crippen molar-refractivity contribution >= 4 is 22.4 Å². The molecule has 2 rings (SSSR count). The molecule has 0 radical (unpaired) electrons. The zero-order chi connectivity index (χ0) is 16.7. The van der Waals surface area contributed by atoms with E-state index < -0.39 is 0 Å². The maximum Gasteiger partial charge on any atom is 0.228 e. The molecule has 0 unspecified atom stereocenters. The molecule has 5 heteroatoms. The third-order valence-electron chi connectivity index (χ3n) is 3.80. The van der Waals surface area contributed by atoms with Gasteiger partial charge in [0, 0.05) is 18.5 Å². The maximum atomic E-state index is 12.5. The van der Waals surface area contributed by atoms with E-state index in [9.17, 15) is 4.79 Å². The molecule has 0 atom stereocenters. The largest absolute Gasteiger partial charge is 0.287 e. The lowest BCUT2D eigenvalue weighted by Crippen LogP contribution is -2.31. The molecule has 0 aliphatic heterocycles. The molecule has 0 aliphatic carbocycles. The third-order valence-corrected chi connectivity index (χ3v) is 4.78. The average Bonchev–Trinajstić information content (AvgIpc) is 3.03. The van der Waals surface area contributed by atoms with Crippen LogP contribution < -0.4 is 4.90 Å². The van der Waals surface area contributed by atoms with Crippen LogP contribution in [0.4, 0.5) is 5.13 Å². The molecule has 1 amide bonds. The standard InChI is InChI=1S/C18H25N3OS/c1-4-6-12-16(22)21(13-7-5-2)18-20-19-17(23-18)15-11-9-8-10-14(15)3/h8-11H,4-7,12-13H2,1-3H3. The quantitative estimate of drug-likeness (QED) is 0.695. The van der Waals surface area contributed by atoms with E-state index in [4.69, 9.17) is 0 Å². The van der Waals surface area contributed by atoms with Crippen LogP contribution in [0.1, 0.15) is 51.5 Å². The second kappa shape index (κ2) is 8.77. The van der Waals surface area contributed by atoms with Crippen LogP contribution in [-0.2, 0) is 4.79 Å². The topological polar surface area (TPSA) is 46.1 Å². The number of aromatic nitrogens is 2. The summed E-state index contributed by atoms with van der Waals surface area (Å²) in [5, 5.41) is 10.2. The first kappa shape index (κ1) is 17.6. The molecule has 0 saturated heterocycles. The SMILES string of the molecule is CCCCC(=O)N(CCCC)c1nnc(-c2ccccc2C)s1. The Morgan fingerprint density at radius 2 is 1.87 bits per heavy atom. The predicted octanol–water partition coefficient (Wildman–Crippen LogP) is 4.84. The zero-order valence-electron chi connectivity index (χ0n) is 14.2. The van der Waals surface area contributed by atoms with Crippen LogP contribution >= 0.6 is 11.3 Å². The number of benzene rings is 1. The molecule has 0 N–H and O–H groups in total. The van der Waals surface area contributed by atoms with Crippen molar-refractivity contribution in [1.29, 1.82) is 0 Å². The van der Waals surface area contributed by atoms with Crippen LogP contribution in [0, 0.1) is 6.92 Å². The minimum absolute atomic E-state index is 0.160. The lowest BCUT2D eigenvalue weighted by atomic mass is 10.1. The van der Waals surface area contributed by atoms with Gasteiger partial charge in [-0.25, -0.2) is 0 Å². The number of unbranched alkanes of at least 4 members (excludes halogenated alkanes) is 2. The highest BCUT2D eigenvalue weighted by Crippen LogP contribution is 2.31. The molecule has 0 saturated carbocycles. The summed E-state index contributed by atoms with van der Waals surface area (Å²) < 4.78 is 0. The molecular formula is C18H25N3OS. The zero-order valence-corrected chi connectivity index (χ0v) is 15.0. The van der Waals surface area contributed by atoms with Crippen molar-refractivity contribution in [2.45, 2.75) is 52.9 Å².